The van der Waals surface area contributed by atoms with Crippen molar-refractivity contribution in [2.45, 2.75) is 0 Å². The minimum atomic E-state index is -0.0135. The molecule has 0 radical (unpaired) electrons. The Morgan fingerprint density at radius 2 is 0.769 bits per heavy atom. The molecule has 0 aliphatic rings. The van der Waals surface area contributed by atoms with Crippen molar-refractivity contribution in [2.24, 2.45) is 10.2 Å². The summed E-state index contributed by atoms with van der Waals surface area (Å²) < 4.78 is 0. The van der Waals surface area contributed by atoms with Gasteiger partial charge in [0.1, 0.15) is 0 Å². The van der Waals surface area contributed by atoms with Gasteiger partial charge in [0.05, 0.1) is 0 Å². The second-order valence-electron chi connectivity index (χ2n) is 4.98. The number of hydrogen-bond acceptors (Lipinski definition) is 10. The van der Waals surface area contributed by atoms with Crippen molar-refractivity contribution in [2.75, 3.05) is 0 Å². The summed E-state index contributed by atoms with van der Waals surface area (Å²) in [6.07, 6.45) is 0. The number of nitrogens with zero attached hydrogens (tertiary/aromatic N) is 10. The third kappa shape index (κ3) is 3.53. The van der Waals surface area contributed by atoms with Gasteiger partial charge in [-0.2, -0.15) is 0 Å². The van der Waals surface area contributed by atoms with Gasteiger partial charge in [0.25, 0.3) is 0 Å². The molecule has 124 valence electrons. The Morgan fingerprint density at radius 1 is 0.423 bits per heavy atom. The largest absolute Gasteiger partial charge is 0.306 e. The molecule has 0 saturated heterocycles. The van der Waals surface area contributed by atoms with E-state index in [1.807, 2.05) is 60.7 Å². The highest BCUT2D eigenvalue weighted by atomic mass is 15.4. The van der Waals surface area contributed by atoms with Gasteiger partial charge in [-0.1, -0.05) is 60.7 Å². The monoisotopic (exact) mass is 342 g/mol. The van der Waals surface area contributed by atoms with Gasteiger partial charge in [-0.15, -0.1) is 51.0 Å². The first-order valence-electron chi connectivity index (χ1n) is 7.56. The van der Waals surface area contributed by atoms with Crippen LogP contribution in [-0.4, -0.2) is 40.8 Å². The van der Waals surface area contributed by atoms with E-state index in [0.29, 0.717) is 11.6 Å². The van der Waals surface area contributed by atoms with E-state index >= 15 is 0 Å². The lowest BCUT2D eigenvalue weighted by atomic mass is 10.2. The molecular formula is C16H10N10. The molecule has 4 rings (SSSR count). The molecule has 0 N–H and O–H groups in total. The summed E-state index contributed by atoms with van der Waals surface area (Å²) in [5.41, 5.74) is 1.62. The molecule has 0 unspecified atom stereocenters. The van der Waals surface area contributed by atoms with E-state index in [0.717, 1.165) is 11.1 Å². The van der Waals surface area contributed by atoms with Crippen molar-refractivity contribution in [3.05, 3.63) is 60.7 Å². The molecule has 2 aromatic carbocycles. The molecule has 0 spiro atoms. The minimum absolute atomic E-state index is 0.0135. The number of rotatable bonds is 4. The maximum absolute atomic E-state index is 3.97. The third-order valence-electron chi connectivity index (χ3n) is 3.23. The molecule has 10 heteroatoms. The maximum Gasteiger partial charge on any atom is 0.306 e. The zero-order chi connectivity index (χ0) is 17.6. The summed E-state index contributed by atoms with van der Waals surface area (Å²) in [7, 11) is 0. The molecule has 0 saturated carbocycles. The first-order valence-corrected chi connectivity index (χ1v) is 7.56. The van der Waals surface area contributed by atoms with Gasteiger partial charge in [-0.25, -0.2) is 0 Å². The standard InChI is InChI=1S/C16H10N10/c1-3-7-11(8-4-1)13-17-21-15(22-18-13)25-26-16-23-19-14(20-24-16)12-9-5-2-6-10-12/h1-10H/b26-25+. The van der Waals surface area contributed by atoms with E-state index in [-0.39, 0.29) is 11.9 Å². The van der Waals surface area contributed by atoms with Crippen LogP contribution in [0.1, 0.15) is 0 Å². The summed E-state index contributed by atoms with van der Waals surface area (Å²) in [5.74, 6) is 0.772. The van der Waals surface area contributed by atoms with Crippen molar-refractivity contribution >= 4 is 11.9 Å². The molecule has 0 aliphatic carbocycles. The van der Waals surface area contributed by atoms with E-state index in [4.69, 9.17) is 0 Å². The number of hydrogen-bond donors (Lipinski definition) is 0. The fraction of sp³-hybridized carbons (Fsp3) is 0. The summed E-state index contributed by atoms with van der Waals surface area (Å²) in [6, 6.07) is 18.8. The van der Waals surface area contributed by atoms with Crippen LogP contribution in [0.3, 0.4) is 0 Å². The lowest BCUT2D eigenvalue weighted by Crippen LogP contribution is -1.96. The molecule has 0 fully saturated rings. The first kappa shape index (κ1) is 15.4. The minimum Gasteiger partial charge on any atom is -0.124 e. The summed E-state index contributed by atoms with van der Waals surface area (Å²) >= 11 is 0. The molecule has 10 nitrogen and oxygen atoms in total. The highest BCUT2D eigenvalue weighted by Crippen LogP contribution is 2.14. The zero-order valence-corrected chi connectivity index (χ0v) is 13.2. The Balaban J connectivity index is 1.48. The van der Waals surface area contributed by atoms with Crippen LogP contribution >= 0.6 is 0 Å². The van der Waals surface area contributed by atoms with Crippen LogP contribution in [0.15, 0.2) is 70.9 Å². The average Bonchev–Trinajstić information content (AvgIpc) is 2.74. The zero-order valence-electron chi connectivity index (χ0n) is 13.2. The van der Waals surface area contributed by atoms with Crippen LogP contribution in [0.4, 0.5) is 11.9 Å². The Labute approximate surface area is 147 Å². The molecule has 0 aliphatic heterocycles. The van der Waals surface area contributed by atoms with E-state index in [1.54, 1.807) is 0 Å². The van der Waals surface area contributed by atoms with Crippen molar-refractivity contribution < 1.29 is 0 Å². The highest BCUT2D eigenvalue weighted by Gasteiger charge is 2.05. The highest BCUT2D eigenvalue weighted by molar-refractivity contribution is 5.53. The number of aromatic nitrogens is 8. The molecule has 4 aromatic rings. The average molecular weight is 342 g/mol. The van der Waals surface area contributed by atoms with Gasteiger partial charge < -0.3 is 0 Å². The van der Waals surface area contributed by atoms with Crippen molar-refractivity contribution in [3.8, 4) is 22.8 Å². The first-order chi connectivity index (χ1) is 12.9. The Kier molecular flexibility index (Phi) is 4.29. The summed E-state index contributed by atoms with van der Waals surface area (Å²) in [6.45, 7) is 0. The normalized spacial score (nSPS) is 10.9. The lowest BCUT2D eigenvalue weighted by Gasteiger charge is -1.97. The third-order valence-corrected chi connectivity index (χ3v) is 3.23. The van der Waals surface area contributed by atoms with Gasteiger partial charge in [-0.05, 0) is 0 Å². The van der Waals surface area contributed by atoms with Crippen molar-refractivity contribution in [1.29, 1.82) is 0 Å². The van der Waals surface area contributed by atoms with Crippen LogP contribution in [-0.2, 0) is 0 Å². The second kappa shape index (κ2) is 7.21. The van der Waals surface area contributed by atoms with Gasteiger partial charge >= 0.3 is 11.9 Å². The Hall–Kier alpha value is -4.08. The molecule has 0 atom stereocenters. The topological polar surface area (TPSA) is 128 Å². The molecule has 2 heterocycles. The molecule has 26 heavy (non-hydrogen) atoms. The fourth-order valence-electron chi connectivity index (χ4n) is 2.02. The Morgan fingerprint density at radius 3 is 1.12 bits per heavy atom. The van der Waals surface area contributed by atoms with E-state index in [1.165, 1.54) is 0 Å². The molecule has 2 aromatic heterocycles. The van der Waals surface area contributed by atoms with Gasteiger partial charge in [0.2, 0.25) is 11.6 Å². The smallest absolute Gasteiger partial charge is 0.124 e. The fourth-order valence-corrected chi connectivity index (χ4v) is 2.02. The van der Waals surface area contributed by atoms with Crippen molar-refractivity contribution in [3.63, 3.8) is 0 Å². The SMILES string of the molecule is c1ccc(-c2nnc(/N=N/c3nnc(-c4ccccc4)nn3)nn2)cc1. The van der Waals surface area contributed by atoms with Gasteiger partial charge in [-0.3, -0.25) is 0 Å². The molecule has 0 bridgehead atoms. The predicted octanol–water partition coefficient (Wildman–Crippen LogP) is 2.60. The van der Waals surface area contributed by atoms with Gasteiger partial charge in [0, 0.05) is 11.1 Å². The number of azo groups is 1. The van der Waals surface area contributed by atoms with E-state index in [9.17, 15) is 0 Å². The molecule has 0 amide bonds. The maximum atomic E-state index is 3.97. The van der Waals surface area contributed by atoms with E-state index < -0.39 is 0 Å². The second-order valence-corrected chi connectivity index (χ2v) is 4.98. The molecular weight excluding hydrogens is 332 g/mol. The lowest BCUT2D eigenvalue weighted by molar-refractivity contribution is 0.823. The van der Waals surface area contributed by atoms with Crippen LogP contribution < -0.4 is 0 Å². The Bertz CT molecular complexity index is 917. The summed E-state index contributed by atoms with van der Waals surface area (Å²) in [5, 5.41) is 38.9. The van der Waals surface area contributed by atoms with Gasteiger partial charge in [0.15, 0.2) is 0 Å². The number of benzene rings is 2. The van der Waals surface area contributed by atoms with Crippen LogP contribution in [0.25, 0.3) is 22.8 Å². The summed E-state index contributed by atoms with van der Waals surface area (Å²) in [4.78, 5) is 0. The van der Waals surface area contributed by atoms with Crippen molar-refractivity contribution in [1.82, 2.24) is 40.8 Å². The van der Waals surface area contributed by atoms with Crippen LogP contribution in [0.2, 0.25) is 0 Å². The van der Waals surface area contributed by atoms with Crippen LogP contribution in [0, 0.1) is 0 Å². The predicted molar refractivity (Wildman–Crippen MR) is 90.3 cm³/mol. The van der Waals surface area contributed by atoms with E-state index in [2.05, 4.69) is 51.0 Å². The quantitative estimate of drug-likeness (QED) is 0.518. The van der Waals surface area contributed by atoms with Crippen LogP contribution in [0.5, 0.6) is 0 Å².